The molecular formula is C21H34N4OSi. The monoisotopic (exact) mass is 386 g/mol. The third kappa shape index (κ3) is 4.12. The number of aromatic nitrogens is 3. The molecule has 1 saturated heterocycles. The summed E-state index contributed by atoms with van der Waals surface area (Å²) in [5.41, 5.74) is 4.58. The van der Waals surface area contributed by atoms with Gasteiger partial charge >= 0.3 is 0 Å². The number of rotatable bonds is 6. The van der Waals surface area contributed by atoms with Gasteiger partial charge in [-0.1, -0.05) is 20.8 Å². The van der Waals surface area contributed by atoms with Crippen molar-refractivity contribution in [2.45, 2.75) is 83.7 Å². The van der Waals surface area contributed by atoms with Crippen molar-refractivity contribution >= 4 is 14.0 Å². The molecule has 0 unspecified atom stereocenters. The van der Waals surface area contributed by atoms with Gasteiger partial charge in [-0.15, -0.1) is 0 Å². The summed E-state index contributed by atoms with van der Waals surface area (Å²) in [6.45, 7) is 15.4. The van der Waals surface area contributed by atoms with Crippen molar-refractivity contribution in [3.05, 3.63) is 29.2 Å². The SMILES string of the molecule is CC(C)(C)[Si](C)(C)OCc1cn2nc(C3CC3)cc(CN3CCCC3)c2n1. The lowest BCUT2D eigenvalue weighted by molar-refractivity contribution is 0.272. The van der Waals surface area contributed by atoms with Crippen LogP contribution in [0.3, 0.4) is 0 Å². The van der Waals surface area contributed by atoms with E-state index in [2.05, 4.69) is 51.0 Å². The zero-order valence-electron chi connectivity index (χ0n) is 17.6. The van der Waals surface area contributed by atoms with E-state index in [1.165, 1.54) is 50.0 Å². The van der Waals surface area contributed by atoms with Crippen molar-refractivity contribution in [2.24, 2.45) is 0 Å². The Bertz CT molecular complexity index is 813. The number of fused-ring (bicyclic) bond motifs is 1. The molecule has 3 heterocycles. The van der Waals surface area contributed by atoms with Crippen molar-refractivity contribution in [2.75, 3.05) is 13.1 Å². The van der Waals surface area contributed by atoms with E-state index in [-0.39, 0.29) is 5.04 Å². The molecule has 148 valence electrons. The van der Waals surface area contributed by atoms with E-state index in [0.29, 0.717) is 12.5 Å². The Morgan fingerprint density at radius 3 is 2.52 bits per heavy atom. The standard InChI is InChI=1S/C21H34N4OSi/c1-21(2,3)27(4,5)26-15-18-14-25-20(22-18)17(13-24-10-6-7-11-24)12-19(23-25)16-8-9-16/h12,14,16H,6-11,13,15H2,1-5H3. The van der Waals surface area contributed by atoms with E-state index in [4.69, 9.17) is 14.5 Å². The van der Waals surface area contributed by atoms with Gasteiger partial charge in [0.25, 0.3) is 0 Å². The highest BCUT2D eigenvalue weighted by Crippen LogP contribution is 2.40. The van der Waals surface area contributed by atoms with E-state index in [0.717, 1.165) is 17.9 Å². The normalized spacial score (nSPS) is 19.3. The molecule has 0 bridgehead atoms. The Kier molecular flexibility index (Phi) is 4.93. The molecule has 2 aromatic rings. The minimum atomic E-state index is -1.78. The predicted octanol–water partition coefficient (Wildman–Crippen LogP) is 4.72. The maximum atomic E-state index is 6.40. The molecule has 6 heteroatoms. The molecule has 0 atom stereocenters. The number of nitrogens with zero attached hydrogens (tertiary/aromatic N) is 4. The molecule has 2 fully saturated rings. The second kappa shape index (κ2) is 6.98. The van der Waals surface area contributed by atoms with E-state index in [9.17, 15) is 0 Å². The van der Waals surface area contributed by atoms with E-state index < -0.39 is 8.32 Å². The first-order valence-corrected chi connectivity index (χ1v) is 13.4. The van der Waals surface area contributed by atoms with Gasteiger partial charge in [0.2, 0.25) is 0 Å². The lowest BCUT2D eigenvalue weighted by Gasteiger charge is -2.35. The largest absolute Gasteiger partial charge is 0.411 e. The second-order valence-corrected chi connectivity index (χ2v) is 14.7. The van der Waals surface area contributed by atoms with Crippen LogP contribution >= 0.6 is 0 Å². The Hall–Kier alpha value is -1.24. The zero-order chi connectivity index (χ0) is 19.2. The molecule has 0 radical (unpaired) electrons. The maximum Gasteiger partial charge on any atom is 0.192 e. The first-order chi connectivity index (χ1) is 12.7. The van der Waals surface area contributed by atoms with Crippen molar-refractivity contribution in [1.29, 1.82) is 0 Å². The van der Waals surface area contributed by atoms with E-state index in [1.54, 1.807) is 0 Å². The van der Waals surface area contributed by atoms with Gasteiger partial charge in [0, 0.05) is 18.0 Å². The van der Waals surface area contributed by atoms with Gasteiger partial charge in [-0.25, -0.2) is 9.50 Å². The highest BCUT2D eigenvalue weighted by atomic mass is 28.4. The predicted molar refractivity (Wildman–Crippen MR) is 111 cm³/mol. The van der Waals surface area contributed by atoms with Gasteiger partial charge in [0.1, 0.15) is 0 Å². The summed E-state index contributed by atoms with van der Waals surface area (Å²) in [4.78, 5) is 7.48. The summed E-state index contributed by atoms with van der Waals surface area (Å²) in [6.07, 6.45) is 7.27. The smallest absolute Gasteiger partial charge is 0.192 e. The van der Waals surface area contributed by atoms with Crippen LogP contribution in [0.2, 0.25) is 18.1 Å². The van der Waals surface area contributed by atoms with Crippen molar-refractivity contribution in [3.63, 3.8) is 0 Å². The lowest BCUT2D eigenvalue weighted by atomic mass is 10.2. The van der Waals surface area contributed by atoms with Gasteiger partial charge in [0.15, 0.2) is 14.0 Å². The van der Waals surface area contributed by atoms with Crippen molar-refractivity contribution < 1.29 is 4.43 Å². The Balaban J connectivity index is 1.60. The molecule has 1 aliphatic carbocycles. The molecule has 2 aromatic heterocycles. The Morgan fingerprint density at radius 2 is 1.89 bits per heavy atom. The van der Waals surface area contributed by atoms with Crippen LogP contribution in [-0.4, -0.2) is 40.9 Å². The van der Waals surface area contributed by atoms with Gasteiger partial charge in [-0.05, 0) is 63.0 Å². The Labute approximate surface area is 164 Å². The molecule has 0 aromatic carbocycles. The number of hydrogen-bond donors (Lipinski definition) is 0. The Morgan fingerprint density at radius 1 is 1.19 bits per heavy atom. The summed E-state index contributed by atoms with van der Waals surface area (Å²) in [5.74, 6) is 0.654. The van der Waals surface area contributed by atoms with Crippen LogP contribution in [0.1, 0.15) is 69.3 Å². The first-order valence-electron chi connectivity index (χ1n) is 10.5. The van der Waals surface area contributed by atoms with Crippen LogP contribution in [0, 0.1) is 0 Å². The van der Waals surface area contributed by atoms with Crippen molar-refractivity contribution in [3.8, 4) is 0 Å². The lowest BCUT2D eigenvalue weighted by Crippen LogP contribution is -2.40. The minimum absolute atomic E-state index is 0.213. The number of imidazole rings is 1. The maximum absolute atomic E-state index is 6.40. The summed E-state index contributed by atoms with van der Waals surface area (Å²) in [7, 11) is -1.78. The van der Waals surface area contributed by atoms with Crippen molar-refractivity contribution in [1.82, 2.24) is 19.5 Å². The van der Waals surface area contributed by atoms with Crippen LogP contribution < -0.4 is 0 Å². The summed E-state index contributed by atoms with van der Waals surface area (Å²) in [5, 5.41) is 5.09. The average Bonchev–Trinajstić information content (AvgIpc) is 3.15. The third-order valence-electron chi connectivity index (χ3n) is 6.55. The number of likely N-dealkylation sites (tertiary alicyclic amines) is 1. The molecule has 2 aliphatic rings. The molecule has 1 saturated carbocycles. The summed E-state index contributed by atoms with van der Waals surface area (Å²) < 4.78 is 8.41. The van der Waals surface area contributed by atoms with Crippen LogP contribution in [0.15, 0.2) is 12.3 Å². The fourth-order valence-electron chi connectivity index (χ4n) is 3.53. The van der Waals surface area contributed by atoms with Crippen LogP contribution in [0.25, 0.3) is 5.65 Å². The molecule has 1 aliphatic heterocycles. The zero-order valence-corrected chi connectivity index (χ0v) is 18.6. The molecule has 27 heavy (non-hydrogen) atoms. The molecular weight excluding hydrogens is 352 g/mol. The van der Waals surface area contributed by atoms with Gasteiger partial charge < -0.3 is 4.43 Å². The van der Waals surface area contributed by atoms with Crippen LogP contribution in [-0.2, 0) is 17.6 Å². The second-order valence-electron chi connectivity index (χ2n) is 9.90. The van der Waals surface area contributed by atoms with Crippen LogP contribution in [0.4, 0.5) is 0 Å². The summed E-state index contributed by atoms with van der Waals surface area (Å²) >= 11 is 0. The van der Waals surface area contributed by atoms with Gasteiger partial charge in [-0.2, -0.15) is 5.10 Å². The fraction of sp³-hybridized carbons (Fsp3) is 0.714. The molecule has 5 nitrogen and oxygen atoms in total. The molecule has 0 N–H and O–H groups in total. The third-order valence-corrected chi connectivity index (χ3v) is 11.0. The van der Waals surface area contributed by atoms with Gasteiger partial charge in [0.05, 0.1) is 24.2 Å². The summed E-state index contributed by atoms with van der Waals surface area (Å²) in [6, 6.07) is 2.32. The molecule has 0 spiro atoms. The highest BCUT2D eigenvalue weighted by Gasteiger charge is 2.37. The van der Waals surface area contributed by atoms with Gasteiger partial charge in [-0.3, -0.25) is 4.90 Å². The topological polar surface area (TPSA) is 42.7 Å². The first kappa shape index (κ1) is 19.1. The fourth-order valence-corrected chi connectivity index (χ4v) is 4.47. The quantitative estimate of drug-likeness (QED) is 0.674. The number of hydrogen-bond acceptors (Lipinski definition) is 4. The molecule has 0 amide bonds. The average molecular weight is 387 g/mol. The van der Waals surface area contributed by atoms with E-state index in [1.807, 2.05) is 4.52 Å². The minimum Gasteiger partial charge on any atom is -0.411 e. The highest BCUT2D eigenvalue weighted by molar-refractivity contribution is 6.74. The van der Waals surface area contributed by atoms with Crippen LogP contribution in [0.5, 0.6) is 0 Å². The molecule has 4 rings (SSSR count). The van der Waals surface area contributed by atoms with E-state index >= 15 is 0 Å².